The third kappa shape index (κ3) is 2.17. The van der Waals surface area contributed by atoms with Crippen molar-refractivity contribution in [2.45, 2.75) is 42.8 Å². The molecule has 0 bridgehead atoms. The largest absolute Gasteiger partial charge is 0.254 e. The van der Waals surface area contributed by atoms with Crippen LogP contribution in [0.4, 0.5) is 0 Å². The fourth-order valence-electron chi connectivity index (χ4n) is 2.11. The van der Waals surface area contributed by atoms with E-state index in [1.165, 1.54) is 17.5 Å². The molecule has 84 valence electrons. The average molecular weight is 233 g/mol. The zero-order chi connectivity index (χ0) is 11.5. The molecule has 0 amide bonds. The van der Waals surface area contributed by atoms with Crippen LogP contribution in [0.25, 0.3) is 0 Å². The predicted molar refractivity (Wildman–Crippen MR) is 64.6 cm³/mol. The van der Waals surface area contributed by atoms with Crippen LogP contribution in [-0.2, 0) is 23.6 Å². The van der Waals surface area contributed by atoms with Gasteiger partial charge in [0.2, 0.25) is 0 Å². The Labute approximate surface area is 98.7 Å². The van der Waals surface area contributed by atoms with Crippen molar-refractivity contribution in [1.82, 2.24) is 0 Å². The number of hydrogen-bond donors (Lipinski definition) is 0. The van der Waals surface area contributed by atoms with Gasteiger partial charge in [0.05, 0.1) is 16.9 Å². The van der Waals surface area contributed by atoms with Crippen molar-refractivity contribution in [3.63, 3.8) is 0 Å². The maximum atomic E-state index is 12.1. The van der Waals surface area contributed by atoms with E-state index in [0.717, 1.165) is 17.7 Å². The van der Waals surface area contributed by atoms with Gasteiger partial charge in [-0.05, 0) is 49.4 Å². The molecule has 3 heteroatoms. The molecule has 2 nitrogen and oxygen atoms in total. The minimum Gasteiger partial charge on any atom is -0.254 e. The monoisotopic (exact) mass is 233 g/mol. The second kappa shape index (κ2) is 4.80. The molecule has 1 aliphatic carbocycles. The lowest BCUT2D eigenvalue weighted by Crippen LogP contribution is -2.10. The molecule has 2 atom stereocenters. The zero-order valence-electron chi connectivity index (χ0n) is 9.40. The average Bonchev–Trinajstić information content (AvgIpc) is 2.75. The van der Waals surface area contributed by atoms with Gasteiger partial charge in [-0.25, -0.2) is 0 Å². The number of nitriles is 1. The number of benzene rings is 1. The molecule has 2 unspecified atom stereocenters. The van der Waals surface area contributed by atoms with Crippen molar-refractivity contribution in [3.8, 4) is 6.07 Å². The molecular weight excluding hydrogens is 218 g/mol. The SMILES string of the molecule is CC(CC#N)S(=O)c1ccc2c(c1)CCC2. The van der Waals surface area contributed by atoms with Gasteiger partial charge in [-0.2, -0.15) is 5.26 Å². The van der Waals surface area contributed by atoms with Gasteiger partial charge < -0.3 is 0 Å². The Bertz CT molecular complexity index is 461. The Balaban J connectivity index is 2.22. The highest BCUT2D eigenvalue weighted by atomic mass is 32.2. The second-order valence-electron chi connectivity index (χ2n) is 4.25. The highest BCUT2D eigenvalue weighted by molar-refractivity contribution is 7.85. The van der Waals surface area contributed by atoms with Crippen LogP contribution in [0.2, 0.25) is 0 Å². The van der Waals surface area contributed by atoms with E-state index >= 15 is 0 Å². The Morgan fingerprint density at radius 3 is 2.94 bits per heavy atom. The van der Waals surface area contributed by atoms with Gasteiger partial charge in [-0.1, -0.05) is 6.07 Å². The molecule has 0 spiro atoms. The molecule has 0 saturated heterocycles. The Hall–Kier alpha value is -1.14. The third-order valence-corrected chi connectivity index (χ3v) is 4.66. The van der Waals surface area contributed by atoms with Gasteiger partial charge >= 0.3 is 0 Å². The van der Waals surface area contributed by atoms with Crippen LogP contribution in [0.3, 0.4) is 0 Å². The normalized spacial score (nSPS) is 17.5. The highest BCUT2D eigenvalue weighted by Crippen LogP contribution is 2.25. The van der Waals surface area contributed by atoms with Gasteiger partial charge in [0.1, 0.15) is 0 Å². The van der Waals surface area contributed by atoms with E-state index in [-0.39, 0.29) is 5.25 Å². The van der Waals surface area contributed by atoms with E-state index in [2.05, 4.69) is 18.2 Å². The molecule has 2 rings (SSSR count). The summed E-state index contributed by atoms with van der Waals surface area (Å²) < 4.78 is 12.1. The molecule has 0 aliphatic heterocycles. The van der Waals surface area contributed by atoms with Crippen LogP contribution in [0, 0.1) is 11.3 Å². The van der Waals surface area contributed by atoms with Crippen LogP contribution < -0.4 is 0 Å². The molecule has 0 saturated carbocycles. The molecule has 0 radical (unpaired) electrons. The quantitative estimate of drug-likeness (QED) is 0.805. The zero-order valence-corrected chi connectivity index (χ0v) is 10.2. The number of nitrogens with zero attached hydrogens (tertiary/aromatic N) is 1. The summed E-state index contributed by atoms with van der Waals surface area (Å²) in [6.07, 6.45) is 3.81. The van der Waals surface area contributed by atoms with Gasteiger partial charge in [-0.15, -0.1) is 0 Å². The summed E-state index contributed by atoms with van der Waals surface area (Å²) in [5, 5.41) is 8.52. The fourth-order valence-corrected chi connectivity index (χ4v) is 3.26. The molecule has 16 heavy (non-hydrogen) atoms. The molecule has 0 N–H and O–H groups in total. The standard InChI is InChI=1S/C13H15NOS/c1-10(7-8-14)16(15)13-6-5-11-3-2-4-12(11)9-13/h5-6,9-10H,2-4,7H2,1H3. The summed E-state index contributed by atoms with van der Waals surface area (Å²) in [5.74, 6) is 0. The molecule has 0 fully saturated rings. The van der Waals surface area contributed by atoms with Gasteiger partial charge in [0.25, 0.3) is 0 Å². The van der Waals surface area contributed by atoms with Gasteiger partial charge in [0, 0.05) is 16.6 Å². The number of rotatable bonds is 3. The first-order valence-electron chi connectivity index (χ1n) is 5.61. The van der Waals surface area contributed by atoms with E-state index in [1.807, 2.05) is 13.0 Å². The van der Waals surface area contributed by atoms with E-state index in [0.29, 0.717) is 6.42 Å². The Kier molecular flexibility index (Phi) is 3.40. The van der Waals surface area contributed by atoms with E-state index in [9.17, 15) is 4.21 Å². The topological polar surface area (TPSA) is 40.9 Å². The first-order chi connectivity index (χ1) is 7.72. The van der Waals surface area contributed by atoms with Crippen molar-refractivity contribution < 1.29 is 4.21 Å². The summed E-state index contributed by atoms with van der Waals surface area (Å²) in [7, 11) is -1.04. The maximum Gasteiger partial charge on any atom is 0.0634 e. The molecule has 0 aromatic heterocycles. The smallest absolute Gasteiger partial charge is 0.0634 e. The van der Waals surface area contributed by atoms with Crippen molar-refractivity contribution in [3.05, 3.63) is 29.3 Å². The van der Waals surface area contributed by atoms with Crippen molar-refractivity contribution >= 4 is 10.8 Å². The Morgan fingerprint density at radius 1 is 1.44 bits per heavy atom. The van der Waals surface area contributed by atoms with Crippen LogP contribution in [-0.4, -0.2) is 9.46 Å². The molecular formula is C13H15NOS. The first kappa shape index (κ1) is 11.3. The summed E-state index contributed by atoms with van der Waals surface area (Å²) in [6.45, 7) is 1.87. The lowest BCUT2D eigenvalue weighted by Gasteiger charge is -2.09. The second-order valence-corrected chi connectivity index (χ2v) is 6.13. The van der Waals surface area contributed by atoms with Gasteiger partial charge in [-0.3, -0.25) is 4.21 Å². The predicted octanol–water partition coefficient (Wildman–Crippen LogP) is 2.59. The van der Waals surface area contributed by atoms with E-state index < -0.39 is 10.8 Å². The van der Waals surface area contributed by atoms with Crippen molar-refractivity contribution in [1.29, 1.82) is 5.26 Å². The minimum atomic E-state index is -1.04. The minimum absolute atomic E-state index is 0.0792. The summed E-state index contributed by atoms with van der Waals surface area (Å²) in [6, 6.07) is 8.18. The van der Waals surface area contributed by atoms with Crippen LogP contribution in [0.1, 0.15) is 30.9 Å². The molecule has 1 aromatic rings. The lowest BCUT2D eigenvalue weighted by atomic mass is 10.1. The maximum absolute atomic E-state index is 12.1. The Morgan fingerprint density at radius 2 is 2.19 bits per heavy atom. The summed E-state index contributed by atoms with van der Waals surface area (Å²) in [5.41, 5.74) is 2.74. The molecule has 1 aliphatic rings. The highest BCUT2D eigenvalue weighted by Gasteiger charge is 2.16. The van der Waals surface area contributed by atoms with Crippen molar-refractivity contribution in [2.24, 2.45) is 0 Å². The summed E-state index contributed by atoms with van der Waals surface area (Å²) in [4.78, 5) is 0.878. The summed E-state index contributed by atoms with van der Waals surface area (Å²) >= 11 is 0. The van der Waals surface area contributed by atoms with Crippen molar-refractivity contribution in [2.75, 3.05) is 0 Å². The third-order valence-electron chi connectivity index (χ3n) is 3.05. The molecule has 1 aromatic carbocycles. The first-order valence-corrected chi connectivity index (χ1v) is 6.83. The lowest BCUT2D eigenvalue weighted by molar-refractivity contribution is 0.673. The van der Waals surface area contributed by atoms with Crippen LogP contribution >= 0.6 is 0 Å². The fraction of sp³-hybridized carbons (Fsp3) is 0.462. The van der Waals surface area contributed by atoms with E-state index in [1.54, 1.807) is 0 Å². The van der Waals surface area contributed by atoms with Crippen LogP contribution in [0.5, 0.6) is 0 Å². The van der Waals surface area contributed by atoms with E-state index in [4.69, 9.17) is 5.26 Å². The molecule has 0 heterocycles. The van der Waals surface area contributed by atoms with Gasteiger partial charge in [0.15, 0.2) is 0 Å². The number of hydrogen-bond acceptors (Lipinski definition) is 2. The van der Waals surface area contributed by atoms with Crippen LogP contribution in [0.15, 0.2) is 23.1 Å². The number of fused-ring (bicyclic) bond motifs is 1. The number of aryl methyl sites for hydroxylation is 2.